The lowest BCUT2D eigenvalue weighted by molar-refractivity contribution is 0.0952. The Morgan fingerprint density at radius 1 is 1.47 bits per heavy atom. The second-order valence-corrected chi connectivity index (χ2v) is 5.18. The van der Waals surface area contributed by atoms with E-state index in [1.807, 2.05) is 31.2 Å². The first-order valence-corrected chi connectivity index (χ1v) is 6.62. The van der Waals surface area contributed by atoms with Gasteiger partial charge < -0.3 is 5.32 Å². The number of rotatable bonds is 4. The molecule has 2 N–H and O–H groups in total. The molecule has 0 unspecified atom stereocenters. The molecule has 3 rings (SSSR count). The van der Waals surface area contributed by atoms with Crippen LogP contribution in [0.1, 0.15) is 28.8 Å². The summed E-state index contributed by atoms with van der Waals surface area (Å²) >= 11 is 0. The van der Waals surface area contributed by atoms with Crippen LogP contribution in [0, 0.1) is 12.8 Å². The van der Waals surface area contributed by atoms with Crippen LogP contribution >= 0.6 is 0 Å². The van der Waals surface area contributed by atoms with Crippen molar-refractivity contribution in [3.8, 4) is 11.3 Å². The fourth-order valence-corrected chi connectivity index (χ4v) is 2.13. The van der Waals surface area contributed by atoms with Crippen LogP contribution < -0.4 is 5.32 Å². The highest BCUT2D eigenvalue weighted by Gasteiger charge is 2.23. The van der Waals surface area contributed by atoms with Crippen molar-refractivity contribution in [2.45, 2.75) is 19.8 Å². The Morgan fingerprint density at radius 3 is 3.05 bits per heavy atom. The number of hydrogen-bond acceptors (Lipinski definition) is 2. The monoisotopic (exact) mass is 255 g/mol. The van der Waals surface area contributed by atoms with Gasteiger partial charge in [0.05, 0.1) is 17.5 Å². The average molecular weight is 255 g/mol. The van der Waals surface area contributed by atoms with Gasteiger partial charge >= 0.3 is 0 Å². The van der Waals surface area contributed by atoms with E-state index >= 15 is 0 Å². The van der Waals surface area contributed by atoms with Gasteiger partial charge in [-0.05, 0) is 31.7 Å². The number of aromatic nitrogens is 2. The molecule has 1 fully saturated rings. The topological polar surface area (TPSA) is 57.8 Å². The number of H-pyrrole nitrogens is 1. The summed E-state index contributed by atoms with van der Waals surface area (Å²) < 4.78 is 0. The third-order valence-corrected chi connectivity index (χ3v) is 3.44. The number of nitrogens with one attached hydrogen (secondary N) is 2. The molecule has 0 saturated heterocycles. The van der Waals surface area contributed by atoms with Gasteiger partial charge in [0, 0.05) is 12.1 Å². The summed E-state index contributed by atoms with van der Waals surface area (Å²) in [6.07, 6.45) is 4.06. The van der Waals surface area contributed by atoms with Gasteiger partial charge in [0.2, 0.25) is 0 Å². The van der Waals surface area contributed by atoms with E-state index in [2.05, 4.69) is 15.5 Å². The van der Waals surface area contributed by atoms with Crippen molar-refractivity contribution in [3.05, 3.63) is 41.6 Å². The Balaban J connectivity index is 1.82. The molecule has 0 radical (unpaired) electrons. The van der Waals surface area contributed by atoms with Crippen molar-refractivity contribution < 1.29 is 4.79 Å². The zero-order valence-electron chi connectivity index (χ0n) is 10.9. The Labute approximate surface area is 112 Å². The van der Waals surface area contributed by atoms with Gasteiger partial charge in [-0.15, -0.1) is 0 Å². The fourth-order valence-electron chi connectivity index (χ4n) is 2.13. The molecular formula is C15H17N3O. The van der Waals surface area contributed by atoms with Crippen LogP contribution in [-0.4, -0.2) is 22.6 Å². The van der Waals surface area contributed by atoms with Crippen molar-refractivity contribution >= 4 is 5.91 Å². The summed E-state index contributed by atoms with van der Waals surface area (Å²) in [5, 5.41) is 9.90. The molecule has 98 valence electrons. The Kier molecular flexibility index (Phi) is 3.07. The van der Waals surface area contributed by atoms with E-state index in [4.69, 9.17) is 0 Å². The molecule has 0 aliphatic heterocycles. The molecule has 1 heterocycles. The zero-order chi connectivity index (χ0) is 13.2. The molecule has 0 atom stereocenters. The maximum Gasteiger partial charge on any atom is 0.255 e. The molecule has 1 saturated carbocycles. The Hall–Kier alpha value is -2.10. The number of aromatic amines is 1. The minimum absolute atomic E-state index is 0.0443. The van der Waals surface area contributed by atoms with E-state index in [1.54, 1.807) is 6.20 Å². The van der Waals surface area contributed by atoms with Crippen LogP contribution in [0.3, 0.4) is 0 Å². The maximum absolute atomic E-state index is 12.1. The molecule has 2 aromatic rings. The van der Waals surface area contributed by atoms with E-state index in [0.717, 1.165) is 23.4 Å². The number of carbonyl (C=O) groups is 1. The van der Waals surface area contributed by atoms with E-state index in [1.165, 1.54) is 12.8 Å². The van der Waals surface area contributed by atoms with Crippen LogP contribution in [-0.2, 0) is 0 Å². The SMILES string of the molecule is Cc1cccc(-c2[nH]ncc2C(=O)NCC2CC2)c1. The number of benzene rings is 1. The second kappa shape index (κ2) is 4.88. The van der Waals surface area contributed by atoms with Gasteiger partial charge in [-0.25, -0.2) is 0 Å². The van der Waals surface area contributed by atoms with Gasteiger partial charge in [0.15, 0.2) is 0 Å². The number of aryl methyl sites for hydroxylation is 1. The molecule has 0 spiro atoms. The fraction of sp³-hybridized carbons (Fsp3) is 0.333. The zero-order valence-corrected chi connectivity index (χ0v) is 10.9. The lowest BCUT2D eigenvalue weighted by Gasteiger charge is -2.05. The molecule has 19 heavy (non-hydrogen) atoms. The van der Waals surface area contributed by atoms with Crippen LogP contribution in [0.2, 0.25) is 0 Å². The third-order valence-electron chi connectivity index (χ3n) is 3.44. The predicted octanol–water partition coefficient (Wildman–Crippen LogP) is 2.52. The lowest BCUT2D eigenvalue weighted by Crippen LogP contribution is -2.25. The van der Waals surface area contributed by atoms with Crippen LogP contribution in [0.4, 0.5) is 0 Å². The summed E-state index contributed by atoms with van der Waals surface area (Å²) in [7, 11) is 0. The van der Waals surface area contributed by atoms with Crippen molar-refractivity contribution in [2.24, 2.45) is 5.92 Å². The summed E-state index contributed by atoms with van der Waals surface area (Å²) in [6.45, 7) is 2.81. The molecule has 1 aromatic carbocycles. The largest absolute Gasteiger partial charge is 0.352 e. The van der Waals surface area contributed by atoms with Gasteiger partial charge in [-0.2, -0.15) is 5.10 Å². The molecule has 1 aliphatic carbocycles. The molecule has 4 nitrogen and oxygen atoms in total. The number of carbonyl (C=O) groups excluding carboxylic acids is 1. The molecule has 4 heteroatoms. The summed E-state index contributed by atoms with van der Waals surface area (Å²) in [5.41, 5.74) is 3.56. The smallest absolute Gasteiger partial charge is 0.255 e. The highest BCUT2D eigenvalue weighted by molar-refractivity contribution is 5.99. The summed E-state index contributed by atoms with van der Waals surface area (Å²) in [6, 6.07) is 8.05. The van der Waals surface area contributed by atoms with E-state index in [9.17, 15) is 4.79 Å². The van der Waals surface area contributed by atoms with E-state index in [-0.39, 0.29) is 5.91 Å². The van der Waals surface area contributed by atoms with Crippen LogP contribution in [0.25, 0.3) is 11.3 Å². The van der Waals surface area contributed by atoms with Crippen molar-refractivity contribution in [1.82, 2.24) is 15.5 Å². The van der Waals surface area contributed by atoms with Crippen molar-refractivity contribution in [3.63, 3.8) is 0 Å². The van der Waals surface area contributed by atoms with Gasteiger partial charge in [-0.1, -0.05) is 23.8 Å². The molecule has 1 aliphatic rings. The van der Waals surface area contributed by atoms with Crippen molar-refractivity contribution in [1.29, 1.82) is 0 Å². The first-order chi connectivity index (χ1) is 9.24. The van der Waals surface area contributed by atoms with Gasteiger partial charge in [-0.3, -0.25) is 9.89 Å². The molecular weight excluding hydrogens is 238 g/mol. The minimum Gasteiger partial charge on any atom is -0.352 e. The van der Waals surface area contributed by atoms with E-state index < -0.39 is 0 Å². The summed E-state index contributed by atoms with van der Waals surface area (Å²) in [4.78, 5) is 12.1. The first kappa shape index (κ1) is 12.0. The standard InChI is InChI=1S/C15H17N3O/c1-10-3-2-4-12(7-10)14-13(9-17-18-14)15(19)16-8-11-5-6-11/h2-4,7,9,11H,5-6,8H2,1H3,(H,16,19)(H,17,18). The van der Waals surface area contributed by atoms with Crippen LogP contribution in [0.5, 0.6) is 0 Å². The normalized spacial score (nSPS) is 14.4. The average Bonchev–Trinajstić information content (AvgIpc) is 3.10. The molecule has 1 aromatic heterocycles. The molecule has 0 bridgehead atoms. The number of nitrogens with zero attached hydrogens (tertiary/aromatic N) is 1. The highest BCUT2D eigenvalue weighted by atomic mass is 16.1. The third kappa shape index (κ3) is 2.67. The first-order valence-electron chi connectivity index (χ1n) is 6.62. The number of hydrogen-bond donors (Lipinski definition) is 2. The van der Waals surface area contributed by atoms with Crippen LogP contribution in [0.15, 0.2) is 30.5 Å². The van der Waals surface area contributed by atoms with Gasteiger partial charge in [0.25, 0.3) is 5.91 Å². The lowest BCUT2D eigenvalue weighted by atomic mass is 10.1. The second-order valence-electron chi connectivity index (χ2n) is 5.18. The Morgan fingerprint density at radius 2 is 2.32 bits per heavy atom. The maximum atomic E-state index is 12.1. The quantitative estimate of drug-likeness (QED) is 0.882. The predicted molar refractivity (Wildman–Crippen MR) is 73.8 cm³/mol. The molecule has 1 amide bonds. The Bertz CT molecular complexity index is 599. The van der Waals surface area contributed by atoms with Crippen molar-refractivity contribution in [2.75, 3.05) is 6.54 Å². The van der Waals surface area contributed by atoms with Gasteiger partial charge in [0.1, 0.15) is 0 Å². The van der Waals surface area contributed by atoms with E-state index in [0.29, 0.717) is 11.5 Å². The number of amides is 1. The summed E-state index contributed by atoms with van der Waals surface area (Å²) in [5.74, 6) is 0.635. The highest BCUT2D eigenvalue weighted by Crippen LogP contribution is 2.28. The minimum atomic E-state index is -0.0443.